The van der Waals surface area contributed by atoms with Gasteiger partial charge in [0.25, 0.3) is 0 Å². The minimum absolute atomic E-state index is 0.0554. The number of hydrogen-bond donors (Lipinski definition) is 1. The van der Waals surface area contributed by atoms with Crippen LogP contribution in [0.25, 0.3) is 17.1 Å². The number of anilines is 1. The summed E-state index contributed by atoms with van der Waals surface area (Å²) < 4.78 is 41.5. The maximum Gasteiger partial charge on any atom is 0.417 e. The molecule has 40 heavy (non-hydrogen) atoms. The number of amides is 1. The molecule has 0 unspecified atom stereocenters. The van der Waals surface area contributed by atoms with Crippen molar-refractivity contribution in [3.8, 4) is 17.1 Å². The van der Waals surface area contributed by atoms with Gasteiger partial charge in [0.05, 0.1) is 22.0 Å². The molecule has 0 atom stereocenters. The van der Waals surface area contributed by atoms with E-state index in [2.05, 4.69) is 20.5 Å². The molecule has 1 N–H and O–H groups in total. The van der Waals surface area contributed by atoms with Crippen LogP contribution in [0.15, 0.2) is 84.1 Å². The number of thioether (sulfide) groups is 1. The summed E-state index contributed by atoms with van der Waals surface area (Å²) >= 11 is 8.16. The van der Waals surface area contributed by atoms with E-state index in [1.54, 1.807) is 6.07 Å². The topological polar surface area (TPSA) is 72.7 Å². The van der Waals surface area contributed by atoms with Crippen LogP contribution in [0.2, 0.25) is 5.02 Å². The first-order chi connectivity index (χ1) is 19.2. The molecule has 5 rings (SSSR count). The zero-order valence-electron chi connectivity index (χ0n) is 20.9. The van der Waals surface area contributed by atoms with E-state index in [0.29, 0.717) is 26.6 Å². The number of nitrogens with one attached hydrogen (secondary N) is 1. The average molecular weight is 600 g/mol. The molecule has 5 aromatic rings. The molecule has 0 aliphatic carbocycles. The van der Waals surface area contributed by atoms with Crippen molar-refractivity contribution in [2.45, 2.75) is 24.7 Å². The smallest absolute Gasteiger partial charge is 0.301 e. The lowest BCUT2D eigenvalue weighted by Crippen LogP contribution is -2.14. The van der Waals surface area contributed by atoms with Gasteiger partial charge < -0.3 is 5.32 Å². The van der Waals surface area contributed by atoms with Gasteiger partial charge in [0, 0.05) is 23.1 Å². The number of alkyl halides is 3. The van der Waals surface area contributed by atoms with E-state index >= 15 is 0 Å². The van der Waals surface area contributed by atoms with Crippen molar-refractivity contribution in [2.24, 2.45) is 0 Å². The number of nitrogens with zero attached hydrogens (tertiary/aromatic N) is 4. The molecule has 0 fully saturated rings. The fourth-order valence-corrected chi connectivity index (χ4v) is 5.83. The number of carbonyl (C=O) groups excluding carboxylic acids is 1. The van der Waals surface area contributed by atoms with Crippen LogP contribution in [0.4, 0.5) is 18.3 Å². The van der Waals surface area contributed by atoms with Crippen LogP contribution >= 0.6 is 34.7 Å². The summed E-state index contributed by atoms with van der Waals surface area (Å²) in [6, 6.07) is 21.4. The van der Waals surface area contributed by atoms with Crippen molar-refractivity contribution < 1.29 is 18.0 Å². The average Bonchev–Trinajstić information content (AvgIpc) is 3.55. The first-order valence-corrected chi connectivity index (χ1v) is 14.2. The monoisotopic (exact) mass is 599 g/mol. The first-order valence-electron chi connectivity index (χ1n) is 12.0. The van der Waals surface area contributed by atoms with Gasteiger partial charge in [-0.2, -0.15) is 13.2 Å². The summed E-state index contributed by atoms with van der Waals surface area (Å²) in [6.45, 7) is 2.00. The normalized spacial score (nSPS) is 11.5. The molecule has 1 amide bonds. The van der Waals surface area contributed by atoms with Crippen molar-refractivity contribution >= 4 is 45.7 Å². The Morgan fingerprint density at radius 1 is 1.05 bits per heavy atom. The van der Waals surface area contributed by atoms with Gasteiger partial charge in [-0.1, -0.05) is 78.0 Å². The van der Waals surface area contributed by atoms with Crippen LogP contribution in [0, 0.1) is 6.92 Å². The Morgan fingerprint density at radius 3 is 2.55 bits per heavy atom. The van der Waals surface area contributed by atoms with Crippen LogP contribution in [-0.4, -0.2) is 31.4 Å². The molecule has 0 aliphatic rings. The zero-order valence-corrected chi connectivity index (χ0v) is 23.3. The highest BCUT2D eigenvalue weighted by molar-refractivity contribution is 7.99. The van der Waals surface area contributed by atoms with Crippen molar-refractivity contribution in [2.75, 3.05) is 11.1 Å². The molecule has 0 saturated carbocycles. The molecule has 6 nitrogen and oxygen atoms in total. The number of rotatable bonds is 8. The first kappa shape index (κ1) is 27.9. The second kappa shape index (κ2) is 11.8. The second-order valence-corrected chi connectivity index (χ2v) is 11.2. The Bertz CT molecular complexity index is 1650. The third-order valence-electron chi connectivity index (χ3n) is 5.87. The summed E-state index contributed by atoms with van der Waals surface area (Å²) in [7, 11) is 0. The van der Waals surface area contributed by atoms with E-state index in [4.69, 9.17) is 11.6 Å². The molecule has 12 heteroatoms. The van der Waals surface area contributed by atoms with Gasteiger partial charge in [0.2, 0.25) is 5.91 Å². The summed E-state index contributed by atoms with van der Waals surface area (Å²) in [4.78, 5) is 17.7. The number of halogens is 4. The molecule has 0 saturated heterocycles. The lowest BCUT2D eigenvalue weighted by Gasteiger charge is -2.12. The molecule has 204 valence electrons. The zero-order chi connectivity index (χ0) is 28.3. The Kier molecular flexibility index (Phi) is 8.24. The third-order valence-corrected chi connectivity index (χ3v) is 8.04. The van der Waals surface area contributed by atoms with Crippen LogP contribution in [0.3, 0.4) is 0 Å². The van der Waals surface area contributed by atoms with Crippen molar-refractivity contribution in [3.05, 3.63) is 106 Å². The molecular formula is C28H21ClF3N5OS2. The molecule has 3 aromatic carbocycles. The molecule has 2 heterocycles. The van der Waals surface area contributed by atoms with E-state index in [0.717, 1.165) is 22.9 Å². The van der Waals surface area contributed by atoms with Crippen LogP contribution in [0.5, 0.6) is 0 Å². The number of aryl methyl sites for hydroxylation is 1. The lowest BCUT2D eigenvalue weighted by atomic mass is 10.1. The summed E-state index contributed by atoms with van der Waals surface area (Å²) in [5, 5.41) is 12.1. The molecule has 0 spiro atoms. The van der Waals surface area contributed by atoms with Gasteiger partial charge in [-0.05, 0) is 36.2 Å². The molecule has 0 radical (unpaired) electrons. The van der Waals surface area contributed by atoms with E-state index < -0.39 is 11.7 Å². The Balaban J connectivity index is 1.28. The summed E-state index contributed by atoms with van der Waals surface area (Å²) in [5.41, 5.74) is 2.40. The Morgan fingerprint density at radius 2 is 1.80 bits per heavy atom. The van der Waals surface area contributed by atoms with Crippen LogP contribution in [-0.2, 0) is 17.4 Å². The van der Waals surface area contributed by atoms with E-state index in [1.165, 1.54) is 35.4 Å². The molecule has 0 bridgehead atoms. The van der Waals surface area contributed by atoms with Gasteiger partial charge in [-0.3, -0.25) is 9.36 Å². The quantitative estimate of drug-likeness (QED) is 0.185. The highest BCUT2D eigenvalue weighted by Gasteiger charge is 2.33. The largest absolute Gasteiger partial charge is 0.417 e. The van der Waals surface area contributed by atoms with Gasteiger partial charge in [-0.25, -0.2) is 4.98 Å². The van der Waals surface area contributed by atoms with Crippen molar-refractivity contribution in [1.82, 2.24) is 19.7 Å². The summed E-state index contributed by atoms with van der Waals surface area (Å²) in [6.07, 6.45) is -2.77. The number of aromatic nitrogens is 4. The SMILES string of the molecule is Cc1ccccc1-n1c(SCC(=O)Nc2ncc(Cc3ccc(Cl)c(C(F)(F)F)c3)s2)nnc1-c1ccccc1. The van der Waals surface area contributed by atoms with Gasteiger partial charge >= 0.3 is 6.18 Å². The number of para-hydroxylation sites is 1. The maximum atomic E-state index is 13.2. The predicted molar refractivity (Wildman–Crippen MR) is 152 cm³/mol. The van der Waals surface area contributed by atoms with Crippen molar-refractivity contribution in [3.63, 3.8) is 0 Å². The Hall–Kier alpha value is -3.67. The highest BCUT2D eigenvalue weighted by atomic mass is 35.5. The third kappa shape index (κ3) is 6.38. The van der Waals surface area contributed by atoms with Crippen LogP contribution < -0.4 is 5.32 Å². The van der Waals surface area contributed by atoms with Crippen LogP contribution in [0.1, 0.15) is 21.6 Å². The maximum absolute atomic E-state index is 13.2. The lowest BCUT2D eigenvalue weighted by molar-refractivity contribution is -0.137. The number of thiazole rings is 1. The molecular weight excluding hydrogens is 579 g/mol. The van der Waals surface area contributed by atoms with Gasteiger partial charge in [0.15, 0.2) is 16.1 Å². The fourth-order valence-electron chi connectivity index (χ4n) is 4.00. The molecule has 2 aromatic heterocycles. The van der Waals surface area contributed by atoms with Gasteiger partial charge in [0.1, 0.15) is 0 Å². The van der Waals surface area contributed by atoms with Gasteiger partial charge in [-0.15, -0.1) is 21.5 Å². The molecule has 0 aliphatic heterocycles. The number of carbonyl (C=O) groups is 1. The number of benzene rings is 3. The standard InChI is InChI=1S/C28H21ClF3N5OS2/c1-17-7-5-6-10-23(17)37-25(19-8-3-2-4-9-19)35-36-27(37)39-16-24(38)34-26-33-15-20(40-26)13-18-11-12-22(29)21(14-18)28(30,31)32/h2-12,14-15H,13,16H2,1H3,(H,33,34,38). The fraction of sp³-hybridized carbons (Fsp3) is 0.143. The summed E-state index contributed by atoms with van der Waals surface area (Å²) in [5.74, 6) is 0.426. The highest BCUT2D eigenvalue weighted by Crippen LogP contribution is 2.36. The number of hydrogen-bond acceptors (Lipinski definition) is 6. The second-order valence-electron chi connectivity index (χ2n) is 8.75. The minimum Gasteiger partial charge on any atom is -0.301 e. The Labute approximate surface area is 241 Å². The van der Waals surface area contributed by atoms with E-state index in [1.807, 2.05) is 66.1 Å². The van der Waals surface area contributed by atoms with Crippen molar-refractivity contribution in [1.29, 1.82) is 0 Å². The van der Waals surface area contributed by atoms with E-state index in [-0.39, 0.29) is 23.1 Å². The predicted octanol–water partition coefficient (Wildman–Crippen LogP) is 7.69. The minimum atomic E-state index is -4.54. The van der Waals surface area contributed by atoms with E-state index in [9.17, 15) is 18.0 Å².